The lowest BCUT2D eigenvalue weighted by atomic mass is 10.1. The zero-order chi connectivity index (χ0) is 12.8. The van der Waals surface area contributed by atoms with Gasteiger partial charge in [0, 0.05) is 17.5 Å². The number of hydrogen-bond donors (Lipinski definition) is 1. The van der Waals surface area contributed by atoms with Crippen LogP contribution >= 0.6 is 11.8 Å². The lowest BCUT2D eigenvalue weighted by molar-refractivity contribution is 0.216. The normalized spacial score (nSPS) is 20.9. The molecule has 0 saturated carbocycles. The number of nitrogens with zero attached hydrogens (tertiary/aromatic N) is 1. The van der Waals surface area contributed by atoms with Gasteiger partial charge in [0.1, 0.15) is 0 Å². The summed E-state index contributed by atoms with van der Waals surface area (Å²) in [5.74, 6) is 0. The molecule has 0 radical (unpaired) electrons. The Labute approximate surface area is 115 Å². The van der Waals surface area contributed by atoms with E-state index in [2.05, 4.69) is 47.8 Å². The van der Waals surface area contributed by atoms with Crippen molar-refractivity contribution >= 4 is 11.8 Å². The van der Waals surface area contributed by atoms with Crippen LogP contribution in [0.1, 0.15) is 24.8 Å². The van der Waals surface area contributed by atoms with Crippen molar-refractivity contribution in [3.63, 3.8) is 0 Å². The van der Waals surface area contributed by atoms with Gasteiger partial charge in [0.15, 0.2) is 0 Å². The smallest absolute Gasteiger partial charge is 0.0233 e. The maximum atomic E-state index is 3.48. The minimum Gasteiger partial charge on any atom is -0.317 e. The van der Waals surface area contributed by atoms with Gasteiger partial charge >= 0.3 is 0 Å². The summed E-state index contributed by atoms with van der Waals surface area (Å²) in [6.07, 6.45) is 6.03. The highest BCUT2D eigenvalue weighted by Gasteiger charge is 2.16. The number of hydrogen-bond acceptors (Lipinski definition) is 3. The van der Waals surface area contributed by atoms with Gasteiger partial charge in [-0.2, -0.15) is 0 Å². The molecule has 1 N–H and O–H groups in total. The summed E-state index contributed by atoms with van der Waals surface area (Å²) in [6.45, 7) is 3.42. The van der Waals surface area contributed by atoms with Crippen LogP contribution in [0.25, 0.3) is 0 Å². The molecular weight excluding hydrogens is 240 g/mol. The molecule has 3 heteroatoms. The predicted octanol–water partition coefficient (Wildman–Crippen LogP) is 2.98. The van der Waals surface area contributed by atoms with E-state index in [9.17, 15) is 0 Å². The van der Waals surface area contributed by atoms with E-state index >= 15 is 0 Å². The topological polar surface area (TPSA) is 15.3 Å². The predicted molar refractivity (Wildman–Crippen MR) is 80.2 cm³/mol. The monoisotopic (exact) mass is 264 g/mol. The Kier molecular flexibility index (Phi) is 5.54. The Balaban J connectivity index is 1.90. The fourth-order valence-corrected chi connectivity index (χ4v) is 3.00. The van der Waals surface area contributed by atoms with Crippen molar-refractivity contribution < 1.29 is 0 Å². The standard InChI is InChI=1S/C15H24N2S/c1-17(14-4-3-10-16-11-9-14)12-13-5-7-15(18-2)8-6-13/h5-8,14,16H,3-4,9-12H2,1-2H3. The minimum atomic E-state index is 0.736. The van der Waals surface area contributed by atoms with Crippen LogP contribution in [0.2, 0.25) is 0 Å². The van der Waals surface area contributed by atoms with E-state index in [1.54, 1.807) is 11.8 Å². The van der Waals surface area contributed by atoms with Crippen LogP contribution in [0.3, 0.4) is 0 Å². The van der Waals surface area contributed by atoms with Crippen molar-refractivity contribution in [2.75, 3.05) is 26.4 Å². The van der Waals surface area contributed by atoms with Gasteiger partial charge < -0.3 is 5.32 Å². The maximum Gasteiger partial charge on any atom is 0.0233 e. The molecule has 1 aliphatic rings. The fourth-order valence-electron chi connectivity index (χ4n) is 2.59. The molecule has 0 bridgehead atoms. The van der Waals surface area contributed by atoms with Crippen LogP contribution in [-0.2, 0) is 6.54 Å². The van der Waals surface area contributed by atoms with Crippen LogP contribution in [0, 0.1) is 0 Å². The quantitative estimate of drug-likeness (QED) is 0.842. The minimum absolute atomic E-state index is 0.736. The zero-order valence-corrected chi connectivity index (χ0v) is 12.3. The van der Waals surface area contributed by atoms with E-state index in [4.69, 9.17) is 0 Å². The molecule has 0 aromatic heterocycles. The van der Waals surface area contributed by atoms with Crippen LogP contribution < -0.4 is 5.32 Å². The van der Waals surface area contributed by atoms with Crippen LogP contribution in [-0.4, -0.2) is 37.3 Å². The van der Waals surface area contributed by atoms with Crippen LogP contribution in [0.4, 0.5) is 0 Å². The molecule has 1 fully saturated rings. The Morgan fingerprint density at radius 3 is 2.72 bits per heavy atom. The number of benzene rings is 1. The third kappa shape index (κ3) is 4.01. The third-order valence-corrected chi connectivity index (χ3v) is 4.50. The second-order valence-electron chi connectivity index (χ2n) is 5.10. The average molecular weight is 264 g/mol. The van der Waals surface area contributed by atoms with Crippen molar-refractivity contribution in [1.82, 2.24) is 10.2 Å². The summed E-state index contributed by atoms with van der Waals surface area (Å²) in [4.78, 5) is 3.86. The summed E-state index contributed by atoms with van der Waals surface area (Å²) in [5, 5.41) is 3.48. The lowest BCUT2D eigenvalue weighted by Crippen LogP contribution is -2.31. The number of nitrogens with one attached hydrogen (secondary N) is 1. The van der Waals surface area contributed by atoms with Gasteiger partial charge in [-0.1, -0.05) is 12.1 Å². The molecule has 2 rings (SSSR count). The molecule has 100 valence electrons. The van der Waals surface area contributed by atoms with Gasteiger partial charge in [-0.25, -0.2) is 0 Å². The molecule has 18 heavy (non-hydrogen) atoms. The van der Waals surface area contributed by atoms with E-state index < -0.39 is 0 Å². The summed E-state index contributed by atoms with van der Waals surface area (Å²) >= 11 is 1.81. The first-order valence-electron chi connectivity index (χ1n) is 6.83. The Morgan fingerprint density at radius 2 is 2.00 bits per heavy atom. The number of rotatable bonds is 4. The van der Waals surface area contributed by atoms with Crippen molar-refractivity contribution in [3.05, 3.63) is 29.8 Å². The van der Waals surface area contributed by atoms with Gasteiger partial charge in [0.25, 0.3) is 0 Å². The largest absolute Gasteiger partial charge is 0.317 e. The molecular formula is C15H24N2S. The zero-order valence-electron chi connectivity index (χ0n) is 11.5. The van der Waals surface area contributed by atoms with Gasteiger partial charge in [-0.3, -0.25) is 4.90 Å². The highest BCUT2D eigenvalue weighted by molar-refractivity contribution is 7.98. The van der Waals surface area contributed by atoms with Crippen molar-refractivity contribution in [2.45, 2.75) is 36.7 Å². The molecule has 1 unspecified atom stereocenters. The maximum absolute atomic E-state index is 3.48. The highest BCUT2D eigenvalue weighted by atomic mass is 32.2. The van der Waals surface area contributed by atoms with Crippen LogP contribution in [0.15, 0.2) is 29.2 Å². The first-order valence-corrected chi connectivity index (χ1v) is 8.06. The SMILES string of the molecule is CSc1ccc(CN(C)C2CCCNCC2)cc1. The highest BCUT2D eigenvalue weighted by Crippen LogP contribution is 2.18. The second kappa shape index (κ2) is 7.17. The Bertz CT molecular complexity index is 342. The average Bonchev–Trinajstić information content (AvgIpc) is 2.68. The molecule has 0 aliphatic carbocycles. The Hall–Kier alpha value is -0.510. The molecule has 1 aromatic carbocycles. The second-order valence-corrected chi connectivity index (χ2v) is 5.98. The van der Waals surface area contributed by atoms with Crippen molar-refractivity contribution in [1.29, 1.82) is 0 Å². The summed E-state index contributed by atoms with van der Waals surface area (Å²) in [6, 6.07) is 9.71. The molecule has 2 nitrogen and oxygen atoms in total. The molecule has 1 aromatic rings. The van der Waals surface area contributed by atoms with Gasteiger partial charge in [0.05, 0.1) is 0 Å². The fraction of sp³-hybridized carbons (Fsp3) is 0.600. The van der Waals surface area contributed by atoms with E-state index in [-0.39, 0.29) is 0 Å². The van der Waals surface area contributed by atoms with Crippen molar-refractivity contribution in [3.8, 4) is 0 Å². The van der Waals surface area contributed by atoms with E-state index in [1.165, 1.54) is 42.8 Å². The van der Waals surface area contributed by atoms with Gasteiger partial charge in [-0.05, 0) is 63.4 Å². The molecule has 1 aliphatic heterocycles. The molecule has 1 saturated heterocycles. The first kappa shape index (κ1) is 13.9. The Morgan fingerprint density at radius 1 is 1.22 bits per heavy atom. The number of thioether (sulfide) groups is 1. The third-order valence-electron chi connectivity index (χ3n) is 3.76. The van der Waals surface area contributed by atoms with Crippen molar-refractivity contribution in [2.24, 2.45) is 0 Å². The van der Waals surface area contributed by atoms with E-state index in [0.717, 1.165) is 12.6 Å². The summed E-state index contributed by atoms with van der Waals surface area (Å²) in [7, 11) is 2.26. The molecule has 1 heterocycles. The molecule has 1 atom stereocenters. The summed E-state index contributed by atoms with van der Waals surface area (Å²) in [5.41, 5.74) is 1.42. The van der Waals surface area contributed by atoms with Crippen LogP contribution in [0.5, 0.6) is 0 Å². The van der Waals surface area contributed by atoms with Gasteiger partial charge in [-0.15, -0.1) is 11.8 Å². The summed E-state index contributed by atoms with van der Waals surface area (Å²) < 4.78 is 0. The lowest BCUT2D eigenvalue weighted by Gasteiger charge is -2.26. The van der Waals surface area contributed by atoms with E-state index in [0.29, 0.717) is 0 Å². The van der Waals surface area contributed by atoms with E-state index in [1.807, 2.05) is 0 Å². The first-order chi connectivity index (χ1) is 8.79. The molecule has 0 spiro atoms. The molecule has 0 amide bonds. The van der Waals surface area contributed by atoms with Gasteiger partial charge in [0.2, 0.25) is 0 Å².